The first-order chi connectivity index (χ1) is 29.2. The molecule has 0 saturated heterocycles. The highest BCUT2D eigenvalue weighted by Crippen LogP contribution is 2.39. The summed E-state index contributed by atoms with van der Waals surface area (Å²) in [6.45, 7) is 4.47. The van der Waals surface area contributed by atoms with Crippen molar-refractivity contribution in [2.45, 2.75) is 6.42 Å². The predicted molar refractivity (Wildman–Crippen MR) is 244 cm³/mol. The van der Waals surface area contributed by atoms with E-state index in [1.165, 1.54) is 33.0 Å². The minimum absolute atomic E-state index is 0.701. The second-order valence-corrected chi connectivity index (χ2v) is 14.6. The molecule has 59 heavy (non-hydrogen) atoms. The molecule has 10 rings (SSSR count). The molecule has 5 heteroatoms. The minimum atomic E-state index is 0.701. The molecular formula is C54H39N5. The molecule has 0 aliphatic rings. The highest BCUT2D eigenvalue weighted by atomic mass is 15.2. The van der Waals surface area contributed by atoms with Gasteiger partial charge in [-0.25, -0.2) is 15.0 Å². The maximum atomic E-state index is 5.39. The molecule has 2 aromatic heterocycles. The van der Waals surface area contributed by atoms with Gasteiger partial charge >= 0.3 is 0 Å². The number of para-hydroxylation sites is 3. The van der Waals surface area contributed by atoms with Gasteiger partial charge in [-0.3, -0.25) is 9.47 Å². The van der Waals surface area contributed by atoms with E-state index in [-0.39, 0.29) is 0 Å². The third kappa shape index (κ3) is 6.75. The zero-order valence-corrected chi connectivity index (χ0v) is 32.4. The third-order valence-electron chi connectivity index (χ3n) is 11.0. The van der Waals surface area contributed by atoms with E-state index >= 15 is 0 Å². The third-order valence-corrected chi connectivity index (χ3v) is 11.0. The van der Waals surface area contributed by atoms with Gasteiger partial charge < -0.3 is 0 Å². The lowest BCUT2D eigenvalue weighted by atomic mass is 9.89. The van der Waals surface area contributed by atoms with Gasteiger partial charge in [0.2, 0.25) is 0 Å². The Morgan fingerprint density at radius 2 is 1.12 bits per heavy atom. The first-order valence-corrected chi connectivity index (χ1v) is 19.8. The van der Waals surface area contributed by atoms with Crippen molar-refractivity contribution < 1.29 is 0 Å². The van der Waals surface area contributed by atoms with E-state index in [1.807, 2.05) is 54.6 Å². The van der Waals surface area contributed by atoms with Gasteiger partial charge in [0.1, 0.15) is 12.2 Å². The van der Waals surface area contributed by atoms with Crippen LogP contribution in [0.15, 0.2) is 213 Å². The molecule has 0 saturated carbocycles. The van der Waals surface area contributed by atoms with Gasteiger partial charge in [-0.2, -0.15) is 0 Å². The normalized spacial score (nSPS) is 11.8. The molecule has 280 valence electrons. The lowest BCUT2D eigenvalue weighted by Gasteiger charge is -2.24. The Morgan fingerprint density at radius 3 is 1.80 bits per heavy atom. The SMILES string of the molecule is C=c1cccc/c1=C(/Cc1ccc(-c2ccccc2)c2ccccc12)c1ccc(-c2nc3c(N(c4ccccc4)c4ccccc4)ncnc3n2-c2ccccc2)cc1. The lowest BCUT2D eigenvalue weighted by molar-refractivity contribution is 1.06. The summed E-state index contributed by atoms with van der Waals surface area (Å²) in [6.07, 6.45) is 2.37. The molecular weight excluding hydrogens is 719 g/mol. The van der Waals surface area contributed by atoms with Crippen molar-refractivity contribution in [1.29, 1.82) is 0 Å². The van der Waals surface area contributed by atoms with Crippen molar-refractivity contribution >= 4 is 51.3 Å². The average Bonchev–Trinajstić information content (AvgIpc) is 3.71. The van der Waals surface area contributed by atoms with Crippen LogP contribution in [0, 0.1) is 0 Å². The Labute approximate surface area is 343 Å². The summed E-state index contributed by atoms with van der Waals surface area (Å²) in [5, 5.41) is 4.62. The summed E-state index contributed by atoms with van der Waals surface area (Å²) in [4.78, 5) is 17.3. The van der Waals surface area contributed by atoms with Gasteiger partial charge in [-0.15, -0.1) is 0 Å². The van der Waals surface area contributed by atoms with Crippen LogP contribution in [0.2, 0.25) is 0 Å². The van der Waals surface area contributed by atoms with Crippen LogP contribution in [0.4, 0.5) is 17.2 Å². The number of hydrogen-bond acceptors (Lipinski definition) is 4. The molecule has 0 spiro atoms. The predicted octanol–water partition coefficient (Wildman–Crippen LogP) is 11.6. The fourth-order valence-electron chi connectivity index (χ4n) is 8.17. The van der Waals surface area contributed by atoms with Crippen molar-refractivity contribution in [3.63, 3.8) is 0 Å². The highest BCUT2D eigenvalue weighted by molar-refractivity contribution is 5.99. The molecule has 10 aromatic rings. The Hall–Kier alpha value is -7.89. The molecule has 0 N–H and O–H groups in total. The summed E-state index contributed by atoms with van der Waals surface area (Å²) in [5.41, 5.74) is 11.4. The summed E-state index contributed by atoms with van der Waals surface area (Å²) in [5.74, 6) is 1.48. The quantitative estimate of drug-likeness (QED) is 0.147. The zero-order chi connectivity index (χ0) is 39.5. The fraction of sp³-hybridized carbons (Fsp3) is 0.0185. The summed E-state index contributed by atoms with van der Waals surface area (Å²) >= 11 is 0. The van der Waals surface area contributed by atoms with E-state index < -0.39 is 0 Å². The number of aromatic nitrogens is 4. The number of fused-ring (bicyclic) bond motifs is 2. The maximum Gasteiger partial charge on any atom is 0.170 e. The van der Waals surface area contributed by atoms with Crippen LogP contribution in [-0.2, 0) is 6.42 Å². The highest BCUT2D eigenvalue weighted by Gasteiger charge is 2.24. The molecule has 0 unspecified atom stereocenters. The van der Waals surface area contributed by atoms with Crippen LogP contribution >= 0.6 is 0 Å². The van der Waals surface area contributed by atoms with E-state index in [4.69, 9.17) is 15.0 Å². The van der Waals surface area contributed by atoms with Crippen LogP contribution in [0.25, 0.3) is 62.3 Å². The van der Waals surface area contributed by atoms with Crippen LogP contribution in [-0.4, -0.2) is 19.5 Å². The number of benzene rings is 8. The van der Waals surface area contributed by atoms with Gasteiger partial charge in [-0.05, 0) is 91.9 Å². The first kappa shape index (κ1) is 35.5. The second kappa shape index (κ2) is 15.6. The standard InChI is InChI=1S/C54H39N5/c1-38-18-14-15-27-46(38)50(36-42-34-35-48(39-19-6-2-7-20-39)49-29-17-16-28-47(42)49)40-30-32-41(33-31-40)52-57-51-53(55-37-56-54(51)59(52)45-25-12-5-13-26-45)58(43-21-8-3-9-22-43)44-23-10-4-11-24-44/h2-35,37H,1,36H2/b50-46+. The Bertz CT molecular complexity index is 3140. The minimum Gasteiger partial charge on any atom is -0.293 e. The average molecular weight is 758 g/mol. The zero-order valence-electron chi connectivity index (χ0n) is 32.4. The largest absolute Gasteiger partial charge is 0.293 e. The van der Waals surface area contributed by atoms with E-state index in [0.717, 1.165) is 56.5 Å². The fourth-order valence-corrected chi connectivity index (χ4v) is 8.17. The van der Waals surface area contributed by atoms with Crippen molar-refractivity contribution in [3.05, 3.63) is 234 Å². The Morgan fingerprint density at radius 1 is 0.525 bits per heavy atom. The molecule has 5 nitrogen and oxygen atoms in total. The summed E-state index contributed by atoms with van der Waals surface area (Å²) < 4.78 is 2.14. The monoisotopic (exact) mass is 757 g/mol. The Balaban J connectivity index is 1.12. The van der Waals surface area contributed by atoms with Crippen molar-refractivity contribution in [1.82, 2.24) is 19.5 Å². The van der Waals surface area contributed by atoms with Crippen LogP contribution in [0.5, 0.6) is 0 Å². The van der Waals surface area contributed by atoms with Gasteiger partial charge in [0.15, 0.2) is 17.0 Å². The second-order valence-electron chi connectivity index (χ2n) is 14.6. The van der Waals surface area contributed by atoms with E-state index in [1.54, 1.807) is 6.33 Å². The van der Waals surface area contributed by atoms with Gasteiger partial charge in [0.05, 0.1) is 0 Å². The molecule has 0 aliphatic heterocycles. The van der Waals surface area contributed by atoms with E-state index in [9.17, 15) is 0 Å². The number of rotatable bonds is 9. The number of hydrogen-bond donors (Lipinski definition) is 0. The molecule has 0 atom stereocenters. The van der Waals surface area contributed by atoms with Gasteiger partial charge in [-0.1, -0.05) is 176 Å². The van der Waals surface area contributed by atoms with Crippen LogP contribution in [0.1, 0.15) is 11.1 Å². The summed E-state index contributed by atoms with van der Waals surface area (Å²) in [6, 6.07) is 72.1. The number of imidazole rings is 1. The molecule has 2 heterocycles. The maximum absolute atomic E-state index is 5.39. The smallest absolute Gasteiger partial charge is 0.170 e. The van der Waals surface area contributed by atoms with Crippen molar-refractivity contribution in [2.24, 2.45) is 0 Å². The van der Waals surface area contributed by atoms with Crippen LogP contribution in [0.3, 0.4) is 0 Å². The van der Waals surface area contributed by atoms with Gasteiger partial charge in [0.25, 0.3) is 0 Å². The molecule has 8 aromatic carbocycles. The van der Waals surface area contributed by atoms with Crippen molar-refractivity contribution in [2.75, 3.05) is 4.90 Å². The molecule has 0 amide bonds. The number of nitrogens with zero attached hydrogens (tertiary/aromatic N) is 5. The van der Waals surface area contributed by atoms with Crippen molar-refractivity contribution in [3.8, 4) is 28.2 Å². The molecule has 0 radical (unpaired) electrons. The summed E-state index contributed by atoms with van der Waals surface area (Å²) in [7, 11) is 0. The number of anilines is 3. The van der Waals surface area contributed by atoms with Gasteiger partial charge in [0, 0.05) is 22.6 Å². The lowest BCUT2D eigenvalue weighted by Crippen LogP contribution is -2.26. The Kier molecular flexibility index (Phi) is 9.37. The topological polar surface area (TPSA) is 46.8 Å². The van der Waals surface area contributed by atoms with Crippen LogP contribution < -0.4 is 15.3 Å². The van der Waals surface area contributed by atoms with E-state index in [2.05, 4.69) is 168 Å². The molecule has 0 aliphatic carbocycles. The van der Waals surface area contributed by atoms with E-state index in [0.29, 0.717) is 11.3 Å². The first-order valence-electron chi connectivity index (χ1n) is 19.8. The molecule has 0 fully saturated rings. The molecule has 0 bridgehead atoms.